The fourth-order valence-corrected chi connectivity index (χ4v) is 4.99. The number of hydrogen-bond acceptors (Lipinski definition) is 3. The molecule has 0 amide bonds. The van der Waals surface area contributed by atoms with Crippen molar-refractivity contribution < 1.29 is 8.42 Å². The van der Waals surface area contributed by atoms with Crippen LogP contribution in [0.5, 0.6) is 0 Å². The van der Waals surface area contributed by atoms with Crippen LogP contribution < -0.4 is 4.72 Å². The Morgan fingerprint density at radius 1 is 0.931 bits per heavy atom. The Hall–Kier alpha value is -2.83. The zero-order chi connectivity index (χ0) is 20.4. The van der Waals surface area contributed by atoms with Gasteiger partial charge in [0.25, 0.3) is 10.0 Å². The van der Waals surface area contributed by atoms with Crippen LogP contribution in [0.4, 0.5) is 5.69 Å². The molecule has 7 heteroatoms. The van der Waals surface area contributed by atoms with Gasteiger partial charge in [0, 0.05) is 13.5 Å². The van der Waals surface area contributed by atoms with Gasteiger partial charge in [-0.3, -0.25) is 4.72 Å². The Bertz CT molecular complexity index is 1280. The monoisotopic (exact) mass is 425 g/mol. The van der Waals surface area contributed by atoms with Gasteiger partial charge in [0.1, 0.15) is 10.7 Å². The molecule has 0 spiro atoms. The molecule has 1 N–H and O–H groups in total. The second-order valence-electron chi connectivity index (χ2n) is 6.77. The molecular formula is C22H20ClN3O2S. The molecule has 0 aliphatic rings. The molecule has 0 aliphatic heterocycles. The third-order valence-electron chi connectivity index (χ3n) is 4.89. The third kappa shape index (κ3) is 3.99. The Balaban J connectivity index is 1.59. The summed E-state index contributed by atoms with van der Waals surface area (Å²) in [6.45, 7) is 0. The fraction of sp³-hybridized carbons (Fsp3) is 0.136. The molecule has 0 saturated heterocycles. The van der Waals surface area contributed by atoms with E-state index in [1.807, 2.05) is 49.5 Å². The molecule has 4 rings (SSSR count). The molecule has 1 heterocycles. The molecule has 4 aromatic rings. The number of imidazole rings is 1. The number of hydrogen-bond donors (Lipinski definition) is 1. The number of para-hydroxylation sites is 3. The molecule has 148 valence electrons. The third-order valence-corrected chi connectivity index (χ3v) is 6.75. The van der Waals surface area contributed by atoms with Crippen LogP contribution in [-0.2, 0) is 29.9 Å². The van der Waals surface area contributed by atoms with Crippen molar-refractivity contribution >= 4 is 38.3 Å². The predicted octanol–water partition coefficient (Wildman–Crippen LogP) is 4.81. The molecule has 1 aromatic heterocycles. The second kappa shape index (κ2) is 7.89. The van der Waals surface area contributed by atoms with Crippen molar-refractivity contribution in [3.8, 4) is 0 Å². The molecule has 5 nitrogen and oxygen atoms in total. The molecule has 0 saturated carbocycles. The summed E-state index contributed by atoms with van der Waals surface area (Å²) in [5.41, 5.74) is 3.48. The van der Waals surface area contributed by atoms with E-state index in [1.165, 1.54) is 6.07 Å². The predicted molar refractivity (Wildman–Crippen MR) is 117 cm³/mol. The molecule has 0 aliphatic carbocycles. The van der Waals surface area contributed by atoms with Crippen molar-refractivity contribution in [2.24, 2.45) is 7.05 Å². The number of fused-ring (bicyclic) bond motifs is 1. The van der Waals surface area contributed by atoms with Crippen molar-refractivity contribution in [3.05, 3.63) is 89.2 Å². The summed E-state index contributed by atoms with van der Waals surface area (Å²) in [7, 11) is -1.78. The van der Waals surface area contributed by atoms with Crippen LogP contribution in [0.25, 0.3) is 11.0 Å². The van der Waals surface area contributed by atoms with E-state index in [2.05, 4.69) is 9.29 Å². The minimum absolute atomic E-state index is 0.0619. The lowest BCUT2D eigenvalue weighted by Gasteiger charge is -2.13. The zero-order valence-corrected chi connectivity index (χ0v) is 17.4. The molecule has 3 aromatic carbocycles. The number of nitrogens with one attached hydrogen (secondary N) is 1. The summed E-state index contributed by atoms with van der Waals surface area (Å²) >= 11 is 6.08. The first-order valence-electron chi connectivity index (χ1n) is 9.21. The van der Waals surface area contributed by atoms with E-state index in [0.29, 0.717) is 18.5 Å². The number of halogens is 1. The van der Waals surface area contributed by atoms with Crippen molar-refractivity contribution in [2.75, 3.05) is 4.72 Å². The van der Waals surface area contributed by atoms with E-state index >= 15 is 0 Å². The molecule has 0 atom stereocenters. The fourth-order valence-electron chi connectivity index (χ4n) is 3.37. The Kier molecular flexibility index (Phi) is 5.30. The van der Waals surface area contributed by atoms with E-state index in [9.17, 15) is 8.42 Å². The number of anilines is 1. The largest absolute Gasteiger partial charge is 0.331 e. The highest BCUT2D eigenvalue weighted by atomic mass is 35.5. The van der Waals surface area contributed by atoms with Gasteiger partial charge in [0.2, 0.25) is 0 Å². The Morgan fingerprint density at radius 3 is 2.41 bits per heavy atom. The Morgan fingerprint density at radius 2 is 1.62 bits per heavy atom. The van der Waals surface area contributed by atoms with Crippen LogP contribution in [0.15, 0.2) is 77.7 Å². The molecule has 0 bridgehead atoms. The lowest BCUT2D eigenvalue weighted by Crippen LogP contribution is -2.15. The van der Waals surface area contributed by atoms with Crippen LogP contribution in [0.1, 0.15) is 11.4 Å². The number of nitrogens with zero attached hydrogens (tertiary/aromatic N) is 2. The number of aryl methyl sites for hydroxylation is 3. The highest BCUT2D eigenvalue weighted by Gasteiger charge is 2.19. The lowest BCUT2D eigenvalue weighted by atomic mass is 10.1. The highest BCUT2D eigenvalue weighted by molar-refractivity contribution is 7.92. The van der Waals surface area contributed by atoms with Gasteiger partial charge < -0.3 is 4.57 Å². The van der Waals surface area contributed by atoms with Gasteiger partial charge in [-0.15, -0.1) is 0 Å². The van der Waals surface area contributed by atoms with E-state index in [-0.39, 0.29) is 9.92 Å². The van der Waals surface area contributed by atoms with Gasteiger partial charge in [-0.05, 0) is 42.3 Å². The van der Waals surface area contributed by atoms with Crippen LogP contribution >= 0.6 is 11.6 Å². The number of rotatable bonds is 6. The van der Waals surface area contributed by atoms with Crippen molar-refractivity contribution in [3.63, 3.8) is 0 Å². The second-order valence-corrected chi connectivity index (χ2v) is 8.83. The van der Waals surface area contributed by atoms with Crippen LogP contribution in [-0.4, -0.2) is 18.0 Å². The molecular weight excluding hydrogens is 406 g/mol. The number of sulfonamides is 1. The average molecular weight is 426 g/mol. The standard InChI is InChI=1S/C22H20ClN3O2S/c1-26-20-12-6-5-11-19(20)24-22(26)15-14-16-8-2-4-10-18(16)25-29(27,28)21-13-7-3-9-17(21)23/h2-13,25H,14-15H2,1H3. The van der Waals surface area contributed by atoms with Crippen molar-refractivity contribution in [2.45, 2.75) is 17.7 Å². The maximum atomic E-state index is 12.8. The highest BCUT2D eigenvalue weighted by Crippen LogP contribution is 2.26. The lowest BCUT2D eigenvalue weighted by molar-refractivity contribution is 0.601. The molecule has 0 fully saturated rings. The summed E-state index contributed by atoms with van der Waals surface area (Å²) in [4.78, 5) is 4.76. The number of aromatic nitrogens is 2. The smallest absolute Gasteiger partial charge is 0.263 e. The number of benzene rings is 3. The Labute approximate surface area is 175 Å². The quantitative estimate of drug-likeness (QED) is 0.482. The van der Waals surface area contributed by atoms with Crippen molar-refractivity contribution in [1.29, 1.82) is 0 Å². The van der Waals surface area contributed by atoms with Gasteiger partial charge in [-0.2, -0.15) is 0 Å². The summed E-state index contributed by atoms with van der Waals surface area (Å²) in [5.74, 6) is 0.954. The van der Waals surface area contributed by atoms with Crippen LogP contribution in [0.3, 0.4) is 0 Å². The van der Waals surface area contributed by atoms with Gasteiger partial charge in [0.15, 0.2) is 0 Å². The summed E-state index contributed by atoms with van der Waals surface area (Å²) < 4.78 is 30.4. The van der Waals surface area contributed by atoms with E-state index in [4.69, 9.17) is 16.6 Å². The van der Waals surface area contributed by atoms with E-state index in [0.717, 1.165) is 22.4 Å². The zero-order valence-electron chi connectivity index (χ0n) is 15.8. The summed E-state index contributed by atoms with van der Waals surface area (Å²) in [5, 5.41) is 0.192. The first-order valence-corrected chi connectivity index (χ1v) is 11.1. The molecule has 0 radical (unpaired) electrons. The van der Waals surface area contributed by atoms with Gasteiger partial charge >= 0.3 is 0 Å². The first kappa shape index (κ1) is 19.5. The van der Waals surface area contributed by atoms with Gasteiger partial charge in [0.05, 0.1) is 21.7 Å². The van der Waals surface area contributed by atoms with Gasteiger partial charge in [-0.1, -0.05) is 54.1 Å². The van der Waals surface area contributed by atoms with E-state index < -0.39 is 10.0 Å². The minimum Gasteiger partial charge on any atom is -0.331 e. The maximum Gasteiger partial charge on any atom is 0.263 e. The van der Waals surface area contributed by atoms with Crippen molar-refractivity contribution in [1.82, 2.24) is 9.55 Å². The van der Waals surface area contributed by atoms with Crippen LogP contribution in [0.2, 0.25) is 5.02 Å². The summed E-state index contributed by atoms with van der Waals surface area (Å²) in [6.07, 6.45) is 1.34. The van der Waals surface area contributed by atoms with Gasteiger partial charge in [-0.25, -0.2) is 13.4 Å². The average Bonchev–Trinajstić information content (AvgIpc) is 3.03. The molecule has 0 unspecified atom stereocenters. The minimum atomic E-state index is -3.78. The topological polar surface area (TPSA) is 64.0 Å². The first-order chi connectivity index (χ1) is 14.0. The maximum absolute atomic E-state index is 12.8. The normalized spacial score (nSPS) is 11.7. The summed E-state index contributed by atoms with van der Waals surface area (Å²) in [6, 6.07) is 21.8. The van der Waals surface area contributed by atoms with E-state index in [1.54, 1.807) is 24.3 Å². The SMILES string of the molecule is Cn1c(CCc2ccccc2NS(=O)(=O)c2ccccc2Cl)nc2ccccc21. The molecule has 29 heavy (non-hydrogen) atoms. The van der Waals surface area contributed by atoms with Crippen LogP contribution in [0, 0.1) is 0 Å².